The standard InChI is InChI=1S/C9H8O2.C7H8O3/c10-9(11)7-6-8-4-2-1-3-5-8;1-2-9-7(8)6-4-3-5-10-6/h1-7H,(H,10,11);3-5H,2H2,1H3. The summed E-state index contributed by atoms with van der Waals surface area (Å²) >= 11 is 0. The zero-order chi connectivity index (χ0) is 15.5. The van der Waals surface area contributed by atoms with E-state index >= 15 is 0 Å². The molecule has 0 radical (unpaired) electrons. The van der Waals surface area contributed by atoms with Crippen molar-refractivity contribution in [1.82, 2.24) is 0 Å². The molecule has 0 atom stereocenters. The van der Waals surface area contributed by atoms with Crippen molar-refractivity contribution in [2.24, 2.45) is 0 Å². The second-order valence-electron chi connectivity index (χ2n) is 3.78. The molecule has 5 nitrogen and oxygen atoms in total. The van der Waals surface area contributed by atoms with E-state index in [1.807, 2.05) is 30.3 Å². The Morgan fingerprint density at radius 1 is 1.19 bits per heavy atom. The topological polar surface area (TPSA) is 76.7 Å². The number of hydrogen-bond donors (Lipinski definition) is 1. The monoisotopic (exact) mass is 288 g/mol. The average molecular weight is 288 g/mol. The Kier molecular flexibility index (Phi) is 7.07. The van der Waals surface area contributed by atoms with Crippen molar-refractivity contribution in [3.63, 3.8) is 0 Å². The molecule has 1 N–H and O–H groups in total. The number of furan rings is 1. The Bertz CT molecular complexity index is 570. The molecular weight excluding hydrogens is 272 g/mol. The predicted molar refractivity (Wildman–Crippen MR) is 77.8 cm³/mol. The zero-order valence-corrected chi connectivity index (χ0v) is 11.6. The molecule has 0 aliphatic carbocycles. The molecule has 0 saturated heterocycles. The quantitative estimate of drug-likeness (QED) is 0.690. The fourth-order valence-electron chi connectivity index (χ4n) is 1.33. The normalized spacial score (nSPS) is 9.76. The minimum absolute atomic E-state index is 0.252. The summed E-state index contributed by atoms with van der Waals surface area (Å²) in [7, 11) is 0. The molecule has 110 valence electrons. The molecule has 1 aromatic carbocycles. The fourth-order valence-corrected chi connectivity index (χ4v) is 1.33. The Morgan fingerprint density at radius 3 is 2.43 bits per heavy atom. The van der Waals surface area contributed by atoms with Gasteiger partial charge >= 0.3 is 11.9 Å². The maximum atomic E-state index is 10.8. The van der Waals surface area contributed by atoms with Crippen molar-refractivity contribution in [3.8, 4) is 0 Å². The number of carboxylic acid groups (broad SMARTS) is 1. The molecule has 1 aromatic heterocycles. The highest BCUT2D eigenvalue weighted by molar-refractivity contribution is 5.86. The summed E-state index contributed by atoms with van der Waals surface area (Å²) in [5.74, 6) is -1.08. The third-order valence-corrected chi connectivity index (χ3v) is 2.22. The molecule has 0 bridgehead atoms. The number of hydrogen-bond acceptors (Lipinski definition) is 4. The molecule has 5 heteroatoms. The third kappa shape index (κ3) is 6.77. The van der Waals surface area contributed by atoms with Gasteiger partial charge in [0.25, 0.3) is 0 Å². The van der Waals surface area contributed by atoms with Crippen LogP contribution in [0.5, 0.6) is 0 Å². The molecule has 2 aromatic rings. The lowest BCUT2D eigenvalue weighted by Gasteiger charge is -1.95. The first-order valence-electron chi connectivity index (χ1n) is 6.30. The van der Waals surface area contributed by atoms with Crippen LogP contribution in [-0.2, 0) is 9.53 Å². The van der Waals surface area contributed by atoms with Crippen LogP contribution in [0.15, 0.2) is 59.2 Å². The summed E-state index contributed by atoms with van der Waals surface area (Å²) < 4.78 is 9.43. The molecule has 0 aliphatic rings. The first-order valence-corrected chi connectivity index (χ1v) is 6.30. The van der Waals surface area contributed by atoms with Crippen molar-refractivity contribution < 1.29 is 23.8 Å². The van der Waals surface area contributed by atoms with Crippen molar-refractivity contribution in [3.05, 3.63) is 66.1 Å². The van der Waals surface area contributed by atoms with Crippen LogP contribution in [0.4, 0.5) is 0 Å². The molecule has 0 saturated carbocycles. The first kappa shape index (κ1) is 16.2. The van der Waals surface area contributed by atoms with Gasteiger partial charge in [-0.05, 0) is 30.7 Å². The lowest BCUT2D eigenvalue weighted by atomic mass is 10.2. The number of carbonyl (C=O) groups excluding carboxylic acids is 1. The lowest BCUT2D eigenvalue weighted by Crippen LogP contribution is -2.02. The maximum absolute atomic E-state index is 10.8. The Morgan fingerprint density at radius 2 is 1.90 bits per heavy atom. The number of benzene rings is 1. The van der Waals surface area contributed by atoms with E-state index in [4.69, 9.17) is 9.52 Å². The number of carboxylic acids is 1. The predicted octanol–water partition coefficient (Wildman–Crippen LogP) is 3.24. The molecule has 0 unspecified atom stereocenters. The van der Waals surface area contributed by atoms with Gasteiger partial charge in [-0.2, -0.15) is 0 Å². The van der Waals surface area contributed by atoms with Crippen molar-refractivity contribution in [2.75, 3.05) is 6.61 Å². The first-order chi connectivity index (χ1) is 10.1. The summed E-state index contributed by atoms with van der Waals surface area (Å²) in [5, 5.41) is 8.29. The van der Waals surface area contributed by atoms with Crippen LogP contribution in [0.25, 0.3) is 6.08 Å². The molecule has 1 heterocycles. The molecule has 0 amide bonds. The Labute approximate surface area is 122 Å². The minimum Gasteiger partial charge on any atom is -0.478 e. The van der Waals surface area contributed by atoms with Gasteiger partial charge in [-0.3, -0.25) is 0 Å². The van der Waals surface area contributed by atoms with Crippen molar-refractivity contribution >= 4 is 18.0 Å². The summed E-state index contributed by atoms with van der Waals surface area (Å²) in [6.07, 6.45) is 4.12. The number of carbonyl (C=O) groups is 2. The van der Waals surface area contributed by atoms with Gasteiger partial charge in [0.2, 0.25) is 5.76 Å². The molecule has 0 fully saturated rings. The van der Waals surface area contributed by atoms with Crippen LogP contribution in [0.3, 0.4) is 0 Å². The van der Waals surface area contributed by atoms with Gasteiger partial charge in [0.05, 0.1) is 12.9 Å². The summed E-state index contributed by atoms with van der Waals surface area (Å²) in [5.41, 5.74) is 0.898. The molecule has 21 heavy (non-hydrogen) atoms. The summed E-state index contributed by atoms with van der Waals surface area (Å²) in [6, 6.07) is 12.5. The number of ether oxygens (including phenoxy) is 1. The zero-order valence-electron chi connectivity index (χ0n) is 11.6. The highest BCUT2D eigenvalue weighted by Gasteiger charge is 2.07. The molecular formula is C16H16O5. The average Bonchev–Trinajstić information content (AvgIpc) is 3.01. The SMILES string of the molecule is CCOC(=O)c1ccco1.O=C(O)C=Cc1ccccc1. The van der Waals surface area contributed by atoms with Gasteiger partial charge in [0, 0.05) is 6.08 Å². The second-order valence-corrected chi connectivity index (χ2v) is 3.78. The smallest absolute Gasteiger partial charge is 0.374 e. The molecule has 2 rings (SSSR count). The van der Waals surface area contributed by atoms with Crippen LogP contribution in [0.2, 0.25) is 0 Å². The highest BCUT2D eigenvalue weighted by atomic mass is 16.5. The number of aliphatic carboxylic acids is 1. The van der Waals surface area contributed by atoms with Crippen molar-refractivity contribution in [2.45, 2.75) is 6.92 Å². The van der Waals surface area contributed by atoms with Crippen LogP contribution < -0.4 is 0 Å². The highest BCUT2D eigenvalue weighted by Crippen LogP contribution is 2.01. The van der Waals surface area contributed by atoms with Crippen molar-refractivity contribution in [1.29, 1.82) is 0 Å². The maximum Gasteiger partial charge on any atom is 0.374 e. The Balaban J connectivity index is 0.000000211. The van der Waals surface area contributed by atoms with E-state index in [0.717, 1.165) is 11.6 Å². The van der Waals surface area contributed by atoms with E-state index in [-0.39, 0.29) is 5.76 Å². The molecule has 0 spiro atoms. The largest absolute Gasteiger partial charge is 0.478 e. The van der Waals surface area contributed by atoms with E-state index in [1.165, 1.54) is 6.26 Å². The van der Waals surface area contributed by atoms with E-state index in [1.54, 1.807) is 25.1 Å². The van der Waals surface area contributed by atoms with Crippen LogP contribution >= 0.6 is 0 Å². The van der Waals surface area contributed by atoms with Gasteiger partial charge in [-0.15, -0.1) is 0 Å². The summed E-state index contributed by atoms with van der Waals surface area (Å²) in [6.45, 7) is 2.13. The number of esters is 1. The number of rotatable bonds is 4. The van der Waals surface area contributed by atoms with Gasteiger partial charge in [-0.1, -0.05) is 30.3 Å². The Hall–Kier alpha value is -2.82. The minimum atomic E-state index is -0.922. The fraction of sp³-hybridized carbons (Fsp3) is 0.125. The van der Waals surface area contributed by atoms with E-state index in [9.17, 15) is 9.59 Å². The van der Waals surface area contributed by atoms with Gasteiger partial charge < -0.3 is 14.3 Å². The lowest BCUT2D eigenvalue weighted by molar-refractivity contribution is -0.131. The molecule has 0 aliphatic heterocycles. The summed E-state index contributed by atoms with van der Waals surface area (Å²) in [4.78, 5) is 20.9. The van der Waals surface area contributed by atoms with E-state index < -0.39 is 11.9 Å². The van der Waals surface area contributed by atoms with Gasteiger partial charge in [-0.25, -0.2) is 9.59 Å². The van der Waals surface area contributed by atoms with Crippen LogP contribution in [0, 0.1) is 0 Å². The van der Waals surface area contributed by atoms with E-state index in [2.05, 4.69) is 4.74 Å². The van der Waals surface area contributed by atoms with Gasteiger partial charge in [0.1, 0.15) is 0 Å². The van der Waals surface area contributed by atoms with Crippen LogP contribution in [0.1, 0.15) is 23.0 Å². The second kappa shape index (κ2) is 9.14. The van der Waals surface area contributed by atoms with Crippen LogP contribution in [-0.4, -0.2) is 23.7 Å². The van der Waals surface area contributed by atoms with Gasteiger partial charge in [0.15, 0.2) is 0 Å². The van der Waals surface area contributed by atoms with E-state index in [0.29, 0.717) is 6.61 Å². The third-order valence-electron chi connectivity index (χ3n) is 2.22.